The molecule has 0 aromatic carbocycles. The van der Waals surface area contributed by atoms with E-state index >= 15 is 0 Å². The van der Waals surface area contributed by atoms with Crippen molar-refractivity contribution in [2.24, 2.45) is 0 Å². The molecule has 0 bridgehead atoms. The summed E-state index contributed by atoms with van der Waals surface area (Å²) >= 11 is 0. The van der Waals surface area contributed by atoms with Gasteiger partial charge in [0.2, 0.25) is 0 Å². The van der Waals surface area contributed by atoms with E-state index in [1.807, 2.05) is 0 Å². The molecule has 0 aromatic heterocycles. The predicted molar refractivity (Wildman–Crippen MR) is 34.5 cm³/mol. The van der Waals surface area contributed by atoms with Gasteiger partial charge in [-0.1, -0.05) is 14.9 Å². The lowest BCUT2D eigenvalue weighted by Gasteiger charge is -1.61. The van der Waals surface area contributed by atoms with Gasteiger partial charge >= 0.3 is 0 Å². The summed E-state index contributed by atoms with van der Waals surface area (Å²) in [4.78, 5) is 0. The van der Waals surface area contributed by atoms with Gasteiger partial charge in [0, 0.05) is 21.3 Å². The Hall–Kier alpha value is -0.0800. The first-order valence-corrected chi connectivity index (χ1v) is 1.26. The lowest BCUT2D eigenvalue weighted by molar-refractivity contribution is 0.277. The molecule has 0 aromatic rings. The molecule has 50 valence electrons. The van der Waals surface area contributed by atoms with Crippen LogP contribution >= 0.6 is 0 Å². The van der Waals surface area contributed by atoms with Crippen molar-refractivity contribution in [1.29, 1.82) is 0 Å². The van der Waals surface area contributed by atoms with Crippen LogP contribution < -0.4 is 0 Å². The van der Waals surface area contributed by atoms with Crippen LogP contribution in [0, 0.1) is 0 Å². The van der Waals surface area contributed by atoms with Crippen LogP contribution in [-0.4, -0.2) is 26.4 Å². The lowest BCUT2D eigenvalue weighted by Crippen LogP contribution is -1.55. The fourth-order valence-corrected chi connectivity index (χ4v) is 0. The van der Waals surface area contributed by atoms with Gasteiger partial charge in [0.05, 0.1) is 0 Å². The molecule has 0 aliphatic heterocycles. The minimum atomic E-state index is 0. The van der Waals surface area contributed by atoms with Gasteiger partial charge < -0.3 is 9.84 Å². The van der Waals surface area contributed by atoms with Crippen LogP contribution in [0.3, 0.4) is 0 Å². The van der Waals surface area contributed by atoms with E-state index in [9.17, 15) is 0 Å². The summed E-state index contributed by atoms with van der Waals surface area (Å²) in [7, 11) is 4.25. The second-order valence-electron chi connectivity index (χ2n) is 0.408. The number of hydrogen-bond acceptors (Lipinski definition) is 2. The van der Waals surface area contributed by atoms with Gasteiger partial charge in [0.15, 0.2) is 0 Å². The van der Waals surface area contributed by atoms with Crippen LogP contribution in [-0.2, 0) is 4.74 Å². The van der Waals surface area contributed by atoms with Crippen molar-refractivity contribution in [3.63, 3.8) is 0 Å². The summed E-state index contributed by atoms with van der Waals surface area (Å²) in [5.74, 6) is 0. The largest absolute Gasteiger partial charge is 0.400 e. The number of rotatable bonds is 0. The first kappa shape index (κ1) is 28.4. The zero-order valence-electron chi connectivity index (χ0n) is 3.86. The Morgan fingerprint density at radius 2 is 1.00 bits per heavy atom. The molecule has 7 heavy (non-hydrogen) atoms. The first-order valence-electron chi connectivity index (χ1n) is 1.26. The third-order valence-electron chi connectivity index (χ3n) is 0. The van der Waals surface area contributed by atoms with Gasteiger partial charge in [-0.3, -0.25) is 0 Å². The van der Waals surface area contributed by atoms with Crippen molar-refractivity contribution in [3.8, 4) is 0 Å². The summed E-state index contributed by atoms with van der Waals surface area (Å²) < 4.78 is 4.25. The summed E-state index contributed by atoms with van der Waals surface area (Å²) in [6.45, 7) is 0. The van der Waals surface area contributed by atoms with Crippen molar-refractivity contribution >= 4 is 0 Å². The molecule has 0 spiro atoms. The molecular formula is C5H18O2. The molecule has 0 heterocycles. The normalized spacial score (nSPS) is 3.43. The second-order valence-corrected chi connectivity index (χ2v) is 0.408. The van der Waals surface area contributed by atoms with E-state index in [1.165, 1.54) is 0 Å². The molecule has 1 N–H and O–H groups in total. The first-order chi connectivity index (χ1) is 2.41. The highest BCUT2D eigenvalue weighted by atomic mass is 16.4. The van der Waals surface area contributed by atoms with Crippen LogP contribution in [0.5, 0.6) is 0 Å². The SMILES string of the molecule is C.C.CO.COC. The molecule has 0 rings (SSSR count). The monoisotopic (exact) mass is 110 g/mol. The minimum absolute atomic E-state index is 0. The summed E-state index contributed by atoms with van der Waals surface area (Å²) in [6.07, 6.45) is 0. The highest BCUT2D eigenvalue weighted by Crippen LogP contribution is 1.28. The second kappa shape index (κ2) is 169. The fourth-order valence-electron chi connectivity index (χ4n) is 0. The Labute approximate surface area is 47.1 Å². The topological polar surface area (TPSA) is 29.5 Å². The van der Waals surface area contributed by atoms with Gasteiger partial charge in [-0.15, -0.1) is 0 Å². The number of hydrogen-bond donors (Lipinski definition) is 1. The van der Waals surface area contributed by atoms with E-state index in [2.05, 4.69) is 4.74 Å². The smallest absolute Gasteiger partial charge is 0.0351 e. The average Bonchev–Trinajstić information content (AvgIpc) is 1.46. The Morgan fingerprint density at radius 3 is 1.00 bits per heavy atom. The minimum Gasteiger partial charge on any atom is -0.400 e. The number of aliphatic hydroxyl groups is 1. The highest BCUT2D eigenvalue weighted by molar-refractivity contribution is 3.56. The number of ether oxygens (including phenoxy) is 1. The molecule has 2 nitrogen and oxygen atoms in total. The molecule has 0 atom stereocenters. The Kier molecular flexibility index (Phi) is 688. The molecule has 0 unspecified atom stereocenters. The predicted octanol–water partition coefficient (Wildman–Crippen LogP) is 1.14. The summed E-state index contributed by atoms with van der Waals surface area (Å²) in [5, 5.41) is 7.00. The standard InChI is InChI=1S/C2H6O.CH4O.2CH4/c1-3-2;1-2;;/h1-2H3;2H,1H3;2*1H4. The number of methoxy groups -OCH3 is 1. The molecule has 0 aliphatic rings. The van der Waals surface area contributed by atoms with E-state index in [-0.39, 0.29) is 14.9 Å². The molecule has 0 saturated heterocycles. The van der Waals surface area contributed by atoms with Crippen LogP contribution in [0.4, 0.5) is 0 Å². The van der Waals surface area contributed by atoms with Gasteiger partial charge in [0.25, 0.3) is 0 Å². The van der Waals surface area contributed by atoms with Gasteiger partial charge in [-0.2, -0.15) is 0 Å². The molecule has 2 heteroatoms. The molecule has 0 fully saturated rings. The Morgan fingerprint density at radius 1 is 1.00 bits per heavy atom. The molecule has 0 radical (unpaired) electrons. The maximum atomic E-state index is 7.00. The van der Waals surface area contributed by atoms with E-state index in [0.29, 0.717) is 0 Å². The van der Waals surface area contributed by atoms with Crippen molar-refractivity contribution < 1.29 is 9.84 Å². The van der Waals surface area contributed by atoms with Gasteiger partial charge in [0.1, 0.15) is 0 Å². The summed E-state index contributed by atoms with van der Waals surface area (Å²) in [5.41, 5.74) is 0. The third-order valence-corrected chi connectivity index (χ3v) is 0. The zero-order valence-corrected chi connectivity index (χ0v) is 3.86. The summed E-state index contributed by atoms with van der Waals surface area (Å²) in [6, 6.07) is 0. The zero-order chi connectivity index (χ0) is 4.71. The van der Waals surface area contributed by atoms with Gasteiger partial charge in [-0.25, -0.2) is 0 Å². The van der Waals surface area contributed by atoms with Crippen molar-refractivity contribution in [2.75, 3.05) is 21.3 Å². The van der Waals surface area contributed by atoms with Crippen LogP contribution in [0.2, 0.25) is 0 Å². The van der Waals surface area contributed by atoms with E-state index < -0.39 is 0 Å². The lowest BCUT2D eigenvalue weighted by atomic mass is 11.6. The average molecular weight is 110 g/mol. The molecule has 0 amide bonds. The van der Waals surface area contributed by atoms with E-state index in [4.69, 9.17) is 5.11 Å². The molecule has 0 saturated carbocycles. The van der Waals surface area contributed by atoms with Gasteiger partial charge in [-0.05, 0) is 0 Å². The highest BCUT2D eigenvalue weighted by Gasteiger charge is 1.25. The Balaban J connectivity index is -0.0000000105. The fraction of sp³-hybridized carbons (Fsp3) is 1.00. The van der Waals surface area contributed by atoms with E-state index in [0.717, 1.165) is 7.11 Å². The van der Waals surface area contributed by atoms with Crippen molar-refractivity contribution in [1.82, 2.24) is 0 Å². The maximum Gasteiger partial charge on any atom is 0.0351 e. The van der Waals surface area contributed by atoms with Crippen LogP contribution in [0.15, 0.2) is 0 Å². The quantitative estimate of drug-likeness (QED) is 0.506. The van der Waals surface area contributed by atoms with Crippen molar-refractivity contribution in [2.45, 2.75) is 14.9 Å². The molecule has 0 aliphatic carbocycles. The molecular weight excluding hydrogens is 92.1 g/mol. The van der Waals surface area contributed by atoms with E-state index in [1.54, 1.807) is 14.2 Å². The van der Waals surface area contributed by atoms with Crippen LogP contribution in [0.1, 0.15) is 14.9 Å². The number of aliphatic hydroxyl groups excluding tert-OH is 1. The van der Waals surface area contributed by atoms with Crippen LogP contribution in [0.25, 0.3) is 0 Å². The van der Waals surface area contributed by atoms with Crippen molar-refractivity contribution in [3.05, 3.63) is 0 Å². The maximum absolute atomic E-state index is 7.00. The third kappa shape index (κ3) is 14200. The Bertz CT molecular complexity index is 6.04.